The lowest BCUT2D eigenvalue weighted by molar-refractivity contribution is 0.0697. The standard InChI is InChI=1S/C28H36N4O2/c1-3-4-10-17-32-26(30-27(31-32)20(2)22-11-6-5-7-12-22)18-21-15-16-25(29-19-21)23-13-8-9-14-24(23)28(33)34/h8-9,13-16,19-20,22H,3-7,10-12,17-18H2,1-2H3,(H,33,34). The molecule has 6 nitrogen and oxygen atoms in total. The molecular weight excluding hydrogens is 424 g/mol. The highest BCUT2D eigenvalue weighted by Crippen LogP contribution is 2.34. The average molecular weight is 461 g/mol. The maximum Gasteiger partial charge on any atom is 0.336 e. The fourth-order valence-corrected chi connectivity index (χ4v) is 5.02. The van der Waals surface area contributed by atoms with Crippen LogP contribution in [0.4, 0.5) is 0 Å². The Morgan fingerprint density at radius 1 is 1.12 bits per heavy atom. The number of pyridine rings is 1. The molecule has 6 heteroatoms. The van der Waals surface area contributed by atoms with Crippen molar-refractivity contribution in [2.45, 2.75) is 84.1 Å². The first kappa shape index (κ1) is 24.1. The SMILES string of the molecule is CCCCCn1nc(C(C)C2CCCCC2)nc1Cc1ccc(-c2ccccc2C(=O)O)nc1. The minimum atomic E-state index is -0.943. The lowest BCUT2D eigenvalue weighted by Crippen LogP contribution is -2.15. The van der Waals surface area contributed by atoms with Crippen LogP contribution in [0.15, 0.2) is 42.6 Å². The van der Waals surface area contributed by atoms with Crippen molar-refractivity contribution in [3.05, 3.63) is 65.4 Å². The van der Waals surface area contributed by atoms with Gasteiger partial charge in [0.1, 0.15) is 5.82 Å². The highest BCUT2D eigenvalue weighted by Gasteiger charge is 2.25. The largest absolute Gasteiger partial charge is 0.478 e. The molecule has 1 saturated carbocycles. The Labute approximate surface area is 202 Å². The Morgan fingerprint density at radius 2 is 1.91 bits per heavy atom. The quantitative estimate of drug-likeness (QED) is 0.349. The van der Waals surface area contributed by atoms with Gasteiger partial charge < -0.3 is 5.11 Å². The smallest absolute Gasteiger partial charge is 0.336 e. The van der Waals surface area contributed by atoms with Crippen LogP contribution in [0, 0.1) is 5.92 Å². The minimum absolute atomic E-state index is 0.264. The van der Waals surface area contributed by atoms with Gasteiger partial charge in [0, 0.05) is 30.6 Å². The van der Waals surface area contributed by atoms with Gasteiger partial charge in [-0.05, 0) is 42.9 Å². The summed E-state index contributed by atoms with van der Waals surface area (Å²) in [5.41, 5.74) is 2.61. The molecule has 1 atom stereocenters. The van der Waals surface area contributed by atoms with Crippen molar-refractivity contribution in [3.63, 3.8) is 0 Å². The number of aryl methyl sites for hydroxylation is 1. The van der Waals surface area contributed by atoms with E-state index in [1.807, 2.05) is 24.4 Å². The Bertz CT molecular complexity index is 1080. The summed E-state index contributed by atoms with van der Waals surface area (Å²) in [5, 5.41) is 14.5. The minimum Gasteiger partial charge on any atom is -0.478 e. The molecule has 1 aromatic carbocycles. The summed E-state index contributed by atoms with van der Waals surface area (Å²) in [6, 6.07) is 10.9. The molecule has 180 valence electrons. The van der Waals surface area contributed by atoms with Gasteiger partial charge in [0.25, 0.3) is 0 Å². The van der Waals surface area contributed by atoms with Crippen molar-refractivity contribution in [1.82, 2.24) is 19.7 Å². The van der Waals surface area contributed by atoms with Crippen molar-refractivity contribution in [2.24, 2.45) is 5.92 Å². The first-order chi connectivity index (χ1) is 16.6. The van der Waals surface area contributed by atoms with Crippen LogP contribution >= 0.6 is 0 Å². The molecule has 2 heterocycles. The number of benzene rings is 1. The lowest BCUT2D eigenvalue weighted by Gasteiger charge is -2.25. The summed E-state index contributed by atoms with van der Waals surface area (Å²) < 4.78 is 2.11. The zero-order chi connectivity index (χ0) is 23.9. The van der Waals surface area contributed by atoms with Gasteiger partial charge in [-0.2, -0.15) is 5.10 Å². The number of nitrogens with zero attached hydrogens (tertiary/aromatic N) is 4. The van der Waals surface area contributed by atoms with Gasteiger partial charge in [-0.15, -0.1) is 0 Å². The zero-order valence-electron chi connectivity index (χ0n) is 20.4. The van der Waals surface area contributed by atoms with Gasteiger partial charge in [0.2, 0.25) is 0 Å². The van der Waals surface area contributed by atoms with Crippen molar-refractivity contribution in [3.8, 4) is 11.3 Å². The van der Waals surface area contributed by atoms with Crippen LogP contribution < -0.4 is 0 Å². The van der Waals surface area contributed by atoms with Crippen LogP contribution in [0.5, 0.6) is 0 Å². The van der Waals surface area contributed by atoms with E-state index in [9.17, 15) is 9.90 Å². The van der Waals surface area contributed by atoms with Crippen molar-refractivity contribution in [2.75, 3.05) is 0 Å². The summed E-state index contributed by atoms with van der Waals surface area (Å²) in [4.78, 5) is 21.2. The van der Waals surface area contributed by atoms with E-state index in [1.165, 1.54) is 44.9 Å². The van der Waals surface area contributed by atoms with E-state index in [4.69, 9.17) is 10.1 Å². The van der Waals surface area contributed by atoms with Crippen LogP contribution in [-0.2, 0) is 13.0 Å². The van der Waals surface area contributed by atoms with Crippen LogP contribution in [0.3, 0.4) is 0 Å². The number of carboxylic acids is 1. The molecule has 1 aliphatic carbocycles. The Hall–Kier alpha value is -3.02. The third-order valence-electron chi connectivity index (χ3n) is 7.12. The molecule has 0 aliphatic heterocycles. The molecule has 4 rings (SSSR count). The van der Waals surface area contributed by atoms with Gasteiger partial charge in [-0.3, -0.25) is 4.98 Å². The summed E-state index contributed by atoms with van der Waals surface area (Å²) in [6.45, 7) is 5.40. The Kier molecular flexibility index (Phi) is 8.09. The summed E-state index contributed by atoms with van der Waals surface area (Å²) in [5.74, 6) is 2.11. The van der Waals surface area contributed by atoms with Gasteiger partial charge >= 0.3 is 5.97 Å². The number of hydrogen-bond acceptors (Lipinski definition) is 4. The fraction of sp³-hybridized carbons (Fsp3) is 0.500. The van der Waals surface area contributed by atoms with Crippen LogP contribution in [0.2, 0.25) is 0 Å². The fourth-order valence-electron chi connectivity index (χ4n) is 5.02. The Morgan fingerprint density at radius 3 is 2.62 bits per heavy atom. The first-order valence-corrected chi connectivity index (χ1v) is 12.8. The zero-order valence-corrected chi connectivity index (χ0v) is 20.4. The highest BCUT2D eigenvalue weighted by atomic mass is 16.4. The number of carboxylic acid groups (broad SMARTS) is 1. The normalized spacial score (nSPS) is 15.4. The highest BCUT2D eigenvalue weighted by molar-refractivity contribution is 5.95. The van der Waals surface area contributed by atoms with Gasteiger partial charge in [-0.1, -0.05) is 70.2 Å². The number of hydrogen-bond donors (Lipinski definition) is 1. The molecule has 0 bridgehead atoms. The van der Waals surface area contributed by atoms with Gasteiger partial charge in [-0.25, -0.2) is 14.5 Å². The molecule has 0 radical (unpaired) electrons. The van der Waals surface area contributed by atoms with E-state index in [0.717, 1.165) is 30.2 Å². The maximum absolute atomic E-state index is 11.6. The second kappa shape index (κ2) is 11.4. The molecule has 1 fully saturated rings. The number of aromatic nitrogens is 4. The number of carbonyl (C=O) groups is 1. The molecular formula is C28H36N4O2. The van der Waals surface area contributed by atoms with E-state index in [0.29, 0.717) is 29.5 Å². The Balaban J connectivity index is 1.54. The number of unbranched alkanes of at least 4 members (excludes halogenated alkanes) is 2. The monoisotopic (exact) mass is 460 g/mol. The summed E-state index contributed by atoms with van der Waals surface area (Å²) in [7, 11) is 0. The third kappa shape index (κ3) is 5.72. The summed E-state index contributed by atoms with van der Waals surface area (Å²) in [6.07, 6.45) is 12.5. The molecule has 34 heavy (non-hydrogen) atoms. The first-order valence-electron chi connectivity index (χ1n) is 12.8. The predicted molar refractivity (Wildman–Crippen MR) is 134 cm³/mol. The second-order valence-electron chi connectivity index (χ2n) is 9.58. The van der Waals surface area contributed by atoms with Gasteiger partial charge in [0.15, 0.2) is 5.82 Å². The van der Waals surface area contributed by atoms with Crippen LogP contribution in [0.1, 0.15) is 98.7 Å². The molecule has 3 aromatic rings. The molecule has 1 aliphatic rings. The number of aromatic carboxylic acids is 1. The molecule has 1 unspecified atom stereocenters. The summed E-state index contributed by atoms with van der Waals surface area (Å²) >= 11 is 0. The third-order valence-corrected chi connectivity index (χ3v) is 7.12. The lowest BCUT2D eigenvalue weighted by atomic mass is 9.80. The maximum atomic E-state index is 11.6. The number of rotatable bonds is 10. The molecule has 0 saturated heterocycles. The topological polar surface area (TPSA) is 80.9 Å². The molecule has 2 aromatic heterocycles. The van der Waals surface area contributed by atoms with Crippen LogP contribution in [0.25, 0.3) is 11.3 Å². The van der Waals surface area contributed by atoms with E-state index in [2.05, 4.69) is 23.5 Å². The molecule has 0 amide bonds. The second-order valence-corrected chi connectivity index (χ2v) is 9.58. The van der Waals surface area contributed by atoms with E-state index in [1.54, 1.807) is 18.2 Å². The van der Waals surface area contributed by atoms with Gasteiger partial charge in [0.05, 0.1) is 11.3 Å². The molecule has 1 N–H and O–H groups in total. The van der Waals surface area contributed by atoms with E-state index >= 15 is 0 Å². The van der Waals surface area contributed by atoms with Crippen LogP contribution in [-0.4, -0.2) is 30.8 Å². The van der Waals surface area contributed by atoms with E-state index < -0.39 is 5.97 Å². The predicted octanol–water partition coefficient (Wildman–Crippen LogP) is 6.50. The van der Waals surface area contributed by atoms with E-state index in [-0.39, 0.29) is 5.56 Å². The molecule has 0 spiro atoms. The van der Waals surface area contributed by atoms with Crippen molar-refractivity contribution < 1.29 is 9.90 Å². The van der Waals surface area contributed by atoms with Crippen molar-refractivity contribution in [1.29, 1.82) is 0 Å². The average Bonchev–Trinajstić information content (AvgIpc) is 3.27. The van der Waals surface area contributed by atoms with Crippen molar-refractivity contribution >= 4 is 5.97 Å².